The quantitative estimate of drug-likeness (QED) is 0.738. The molecule has 1 heterocycles. The summed E-state index contributed by atoms with van der Waals surface area (Å²) in [6, 6.07) is 10.5. The van der Waals surface area contributed by atoms with E-state index in [-0.39, 0.29) is 11.7 Å². The van der Waals surface area contributed by atoms with Crippen molar-refractivity contribution in [2.75, 3.05) is 6.61 Å². The Hall–Kier alpha value is -1.57. The highest BCUT2D eigenvalue weighted by atomic mass is 16.5. The number of ketones is 1. The molecule has 17 heavy (non-hydrogen) atoms. The molecule has 2 aliphatic rings. The summed E-state index contributed by atoms with van der Waals surface area (Å²) in [6.45, 7) is 0.749. The largest absolute Gasteiger partial charge is 0.497 e. The van der Waals surface area contributed by atoms with Gasteiger partial charge in [-0.3, -0.25) is 4.79 Å². The molecule has 2 heteroatoms. The van der Waals surface area contributed by atoms with E-state index in [1.54, 1.807) is 6.08 Å². The minimum atomic E-state index is 0.216. The monoisotopic (exact) mass is 228 g/mol. The molecule has 0 saturated carbocycles. The van der Waals surface area contributed by atoms with Crippen LogP contribution in [0.5, 0.6) is 0 Å². The maximum Gasteiger partial charge on any atom is 0.159 e. The van der Waals surface area contributed by atoms with E-state index in [1.807, 2.05) is 6.07 Å². The molecular weight excluding hydrogens is 212 g/mol. The standard InChI is InChI=1S/C15H16O2/c16-12-9-14-13(11-5-2-1-3-6-11)7-4-8-17-15(14)10-12/h1-3,5-6,10,13-14H,4,7-9H2/t13-,14-/m0/s1. The lowest BCUT2D eigenvalue weighted by molar-refractivity contribution is -0.114. The Morgan fingerprint density at radius 1 is 1.12 bits per heavy atom. The second-order valence-corrected chi connectivity index (χ2v) is 4.83. The first-order valence-corrected chi connectivity index (χ1v) is 6.27. The molecule has 0 radical (unpaired) electrons. The summed E-state index contributed by atoms with van der Waals surface area (Å²) in [5.74, 6) is 1.85. The lowest BCUT2D eigenvalue weighted by Crippen LogP contribution is -2.12. The van der Waals surface area contributed by atoms with E-state index in [1.165, 1.54) is 5.56 Å². The zero-order chi connectivity index (χ0) is 11.7. The van der Waals surface area contributed by atoms with E-state index in [0.29, 0.717) is 12.3 Å². The Morgan fingerprint density at radius 3 is 2.76 bits per heavy atom. The number of hydrogen-bond acceptors (Lipinski definition) is 2. The molecule has 88 valence electrons. The van der Waals surface area contributed by atoms with Gasteiger partial charge in [-0.05, 0) is 24.3 Å². The molecule has 3 rings (SSSR count). The first-order valence-electron chi connectivity index (χ1n) is 6.27. The van der Waals surface area contributed by atoms with Crippen LogP contribution in [0.3, 0.4) is 0 Å². The average molecular weight is 228 g/mol. The zero-order valence-corrected chi connectivity index (χ0v) is 9.76. The number of hydrogen-bond donors (Lipinski definition) is 0. The van der Waals surface area contributed by atoms with Crippen LogP contribution in [0.25, 0.3) is 0 Å². The van der Waals surface area contributed by atoms with Crippen molar-refractivity contribution < 1.29 is 9.53 Å². The van der Waals surface area contributed by atoms with E-state index in [4.69, 9.17) is 4.74 Å². The Labute approximate surface area is 101 Å². The molecule has 1 aliphatic carbocycles. The van der Waals surface area contributed by atoms with Crippen LogP contribution >= 0.6 is 0 Å². The van der Waals surface area contributed by atoms with Gasteiger partial charge in [0.1, 0.15) is 5.76 Å². The summed E-state index contributed by atoms with van der Waals surface area (Å²) in [5, 5.41) is 0. The van der Waals surface area contributed by atoms with E-state index in [0.717, 1.165) is 25.2 Å². The molecule has 0 amide bonds. The van der Waals surface area contributed by atoms with Crippen molar-refractivity contribution in [3.63, 3.8) is 0 Å². The average Bonchev–Trinajstić information content (AvgIpc) is 2.61. The third kappa shape index (κ3) is 1.99. The molecule has 2 nitrogen and oxygen atoms in total. The number of carbonyl (C=O) groups excluding carboxylic acids is 1. The van der Waals surface area contributed by atoms with Gasteiger partial charge in [0.05, 0.1) is 6.61 Å². The fourth-order valence-electron chi connectivity index (χ4n) is 2.92. The fraction of sp³-hybridized carbons (Fsp3) is 0.400. The first kappa shape index (κ1) is 10.6. The van der Waals surface area contributed by atoms with E-state index in [2.05, 4.69) is 24.3 Å². The van der Waals surface area contributed by atoms with Gasteiger partial charge in [0, 0.05) is 18.4 Å². The predicted molar refractivity (Wildman–Crippen MR) is 65.6 cm³/mol. The van der Waals surface area contributed by atoms with Gasteiger partial charge in [0.25, 0.3) is 0 Å². The van der Waals surface area contributed by atoms with Crippen LogP contribution in [0, 0.1) is 5.92 Å². The molecule has 0 spiro atoms. The highest BCUT2D eigenvalue weighted by Crippen LogP contribution is 2.42. The summed E-state index contributed by atoms with van der Waals surface area (Å²) in [4.78, 5) is 11.5. The smallest absolute Gasteiger partial charge is 0.159 e. The van der Waals surface area contributed by atoms with Crippen LogP contribution in [0.15, 0.2) is 42.2 Å². The maximum atomic E-state index is 11.5. The van der Waals surface area contributed by atoms with E-state index < -0.39 is 0 Å². The van der Waals surface area contributed by atoms with E-state index >= 15 is 0 Å². The zero-order valence-electron chi connectivity index (χ0n) is 9.76. The van der Waals surface area contributed by atoms with Crippen LogP contribution in [0.1, 0.15) is 30.7 Å². The molecule has 0 aromatic heterocycles. The second kappa shape index (κ2) is 4.36. The molecule has 1 aromatic rings. The van der Waals surface area contributed by atoms with Gasteiger partial charge in [-0.2, -0.15) is 0 Å². The minimum absolute atomic E-state index is 0.216. The number of carbonyl (C=O) groups is 1. The second-order valence-electron chi connectivity index (χ2n) is 4.83. The number of allylic oxidation sites excluding steroid dienone is 2. The number of benzene rings is 1. The number of fused-ring (bicyclic) bond motifs is 1. The van der Waals surface area contributed by atoms with Crippen LogP contribution in [0.2, 0.25) is 0 Å². The van der Waals surface area contributed by atoms with Crippen molar-refractivity contribution in [1.29, 1.82) is 0 Å². The molecule has 1 aliphatic heterocycles. The van der Waals surface area contributed by atoms with Crippen LogP contribution in [-0.2, 0) is 9.53 Å². The molecule has 0 bridgehead atoms. The SMILES string of the molecule is O=C1C=C2OCCC[C@@H](c3ccccc3)[C@@H]2C1. The van der Waals surface area contributed by atoms with Crippen LogP contribution < -0.4 is 0 Å². The Morgan fingerprint density at radius 2 is 1.94 bits per heavy atom. The van der Waals surface area contributed by atoms with Crippen LogP contribution in [0.4, 0.5) is 0 Å². The van der Waals surface area contributed by atoms with Crippen molar-refractivity contribution in [3.05, 3.63) is 47.7 Å². The van der Waals surface area contributed by atoms with Gasteiger partial charge < -0.3 is 4.74 Å². The lowest BCUT2D eigenvalue weighted by atomic mass is 9.82. The molecular formula is C15H16O2. The maximum absolute atomic E-state index is 11.5. The van der Waals surface area contributed by atoms with Crippen molar-refractivity contribution in [2.24, 2.45) is 5.92 Å². The molecule has 2 atom stereocenters. The van der Waals surface area contributed by atoms with Crippen molar-refractivity contribution >= 4 is 5.78 Å². The predicted octanol–water partition coefficient (Wildman–Crippen LogP) is 3.05. The summed E-state index contributed by atoms with van der Waals surface area (Å²) in [6.07, 6.45) is 4.50. The van der Waals surface area contributed by atoms with Crippen molar-refractivity contribution in [3.8, 4) is 0 Å². The Balaban J connectivity index is 1.93. The summed E-state index contributed by atoms with van der Waals surface area (Å²) >= 11 is 0. The molecule has 0 N–H and O–H groups in total. The molecule has 0 unspecified atom stereocenters. The normalized spacial score (nSPS) is 28.0. The third-order valence-electron chi connectivity index (χ3n) is 3.73. The van der Waals surface area contributed by atoms with E-state index in [9.17, 15) is 4.79 Å². The molecule has 1 fully saturated rings. The number of rotatable bonds is 1. The molecule has 1 saturated heterocycles. The topological polar surface area (TPSA) is 26.3 Å². The summed E-state index contributed by atoms with van der Waals surface area (Å²) in [5.41, 5.74) is 1.34. The lowest BCUT2D eigenvalue weighted by Gasteiger charge is -2.22. The minimum Gasteiger partial charge on any atom is -0.497 e. The highest BCUT2D eigenvalue weighted by molar-refractivity contribution is 5.93. The Bertz CT molecular complexity index is 447. The fourth-order valence-corrected chi connectivity index (χ4v) is 2.92. The summed E-state index contributed by atoms with van der Waals surface area (Å²) < 4.78 is 5.69. The van der Waals surface area contributed by atoms with Crippen molar-refractivity contribution in [1.82, 2.24) is 0 Å². The highest BCUT2D eigenvalue weighted by Gasteiger charge is 2.35. The third-order valence-corrected chi connectivity index (χ3v) is 3.73. The van der Waals surface area contributed by atoms with Gasteiger partial charge in [0.2, 0.25) is 0 Å². The van der Waals surface area contributed by atoms with Crippen molar-refractivity contribution in [2.45, 2.75) is 25.2 Å². The van der Waals surface area contributed by atoms with Gasteiger partial charge in [-0.1, -0.05) is 30.3 Å². The van der Waals surface area contributed by atoms with Crippen LogP contribution in [-0.4, -0.2) is 12.4 Å². The van der Waals surface area contributed by atoms with Gasteiger partial charge in [-0.25, -0.2) is 0 Å². The first-order chi connectivity index (χ1) is 8.34. The number of ether oxygens (including phenoxy) is 1. The summed E-state index contributed by atoms with van der Waals surface area (Å²) in [7, 11) is 0. The van der Waals surface area contributed by atoms with Gasteiger partial charge >= 0.3 is 0 Å². The Kier molecular flexibility index (Phi) is 2.71. The van der Waals surface area contributed by atoms with Gasteiger partial charge in [0.15, 0.2) is 5.78 Å². The van der Waals surface area contributed by atoms with Gasteiger partial charge in [-0.15, -0.1) is 0 Å². The molecule has 1 aromatic carbocycles.